The summed E-state index contributed by atoms with van der Waals surface area (Å²) >= 11 is 6.31. The first-order chi connectivity index (χ1) is 14.2. The Balaban J connectivity index is 1.45. The lowest BCUT2D eigenvalue weighted by molar-refractivity contribution is 0.649. The fourth-order valence-electron chi connectivity index (χ4n) is 3.65. The average molecular weight is 409 g/mol. The van der Waals surface area contributed by atoms with E-state index in [-0.39, 0.29) is 0 Å². The van der Waals surface area contributed by atoms with Gasteiger partial charge in [0.15, 0.2) is 5.96 Å². The molecule has 0 bridgehead atoms. The quantitative estimate of drug-likeness (QED) is 0.498. The van der Waals surface area contributed by atoms with Gasteiger partial charge in [0.25, 0.3) is 0 Å². The Hall–Kier alpha value is -2.86. The van der Waals surface area contributed by atoms with Crippen LogP contribution in [-0.2, 0) is 6.54 Å². The summed E-state index contributed by atoms with van der Waals surface area (Å²) in [6, 6.07) is 14.2. The van der Waals surface area contributed by atoms with Crippen molar-refractivity contribution in [3.8, 4) is 0 Å². The maximum Gasteiger partial charge on any atom is 0.191 e. The van der Waals surface area contributed by atoms with Crippen LogP contribution in [0.3, 0.4) is 0 Å². The predicted octanol–water partition coefficient (Wildman–Crippen LogP) is 3.62. The van der Waals surface area contributed by atoms with Crippen LogP contribution in [0.25, 0.3) is 10.9 Å². The number of pyridine rings is 2. The van der Waals surface area contributed by atoms with E-state index in [0.29, 0.717) is 17.6 Å². The van der Waals surface area contributed by atoms with Crippen molar-refractivity contribution in [1.29, 1.82) is 0 Å². The van der Waals surface area contributed by atoms with Crippen LogP contribution in [0.15, 0.2) is 59.9 Å². The van der Waals surface area contributed by atoms with Gasteiger partial charge in [-0.2, -0.15) is 0 Å². The maximum atomic E-state index is 6.31. The summed E-state index contributed by atoms with van der Waals surface area (Å²) in [5.41, 5.74) is 2.16. The van der Waals surface area contributed by atoms with Crippen LogP contribution in [-0.4, -0.2) is 41.6 Å². The van der Waals surface area contributed by atoms with E-state index in [9.17, 15) is 0 Å². The van der Waals surface area contributed by atoms with E-state index < -0.39 is 0 Å². The summed E-state index contributed by atoms with van der Waals surface area (Å²) in [6.45, 7) is 5.25. The van der Waals surface area contributed by atoms with Gasteiger partial charge in [-0.1, -0.05) is 29.8 Å². The maximum absolute atomic E-state index is 6.31. The molecule has 1 saturated heterocycles. The molecule has 150 valence electrons. The molecule has 0 spiro atoms. The van der Waals surface area contributed by atoms with Crippen molar-refractivity contribution in [3.63, 3.8) is 0 Å². The first-order valence-corrected chi connectivity index (χ1v) is 10.4. The number of aliphatic imine (C=N–C) groups is 1. The van der Waals surface area contributed by atoms with Crippen LogP contribution < -0.4 is 15.5 Å². The molecule has 0 aliphatic carbocycles. The highest BCUT2D eigenvalue weighted by atomic mass is 35.5. The van der Waals surface area contributed by atoms with Gasteiger partial charge in [0.2, 0.25) is 0 Å². The van der Waals surface area contributed by atoms with E-state index >= 15 is 0 Å². The molecule has 7 heteroatoms. The van der Waals surface area contributed by atoms with Crippen molar-refractivity contribution in [2.75, 3.05) is 24.5 Å². The number of benzene rings is 1. The molecule has 4 rings (SSSR count). The Morgan fingerprint density at radius 1 is 1.17 bits per heavy atom. The molecule has 0 radical (unpaired) electrons. The number of hydrogen-bond donors (Lipinski definition) is 2. The Labute approximate surface area is 176 Å². The Kier molecular flexibility index (Phi) is 6.10. The second-order valence-electron chi connectivity index (χ2n) is 7.07. The summed E-state index contributed by atoms with van der Waals surface area (Å²) in [7, 11) is 0. The monoisotopic (exact) mass is 408 g/mol. The zero-order valence-corrected chi connectivity index (χ0v) is 17.2. The molecule has 1 atom stereocenters. The number of guanidine groups is 1. The highest BCUT2D eigenvalue weighted by Crippen LogP contribution is 2.25. The highest BCUT2D eigenvalue weighted by molar-refractivity contribution is 6.32. The lowest BCUT2D eigenvalue weighted by atomic mass is 10.1. The number of rotatable bonds is 5. The van der Waals surface area contributed by atoms with Gasteiger partial charge in [-0.15, -0.1) is 0 Å². The number of nitrogens with zero attached hydrogens (tertiary/aromatic N) is 4. The van der Waals surface area contributed by atoms with Gasteiger partial charge in [-0.25, -0.2) is 9.98 Å². The summed E-state index contributed by atoms with van der Waals surface area (Å²) < 4.78 is 0. The number of anilines is 1. The Morgan fingerprint density at radius 2 is 2.07 bits per heavy atom. The average Bonchev–Trinajstić information content (AvgIpc) is 3.20. The summed E-state index contributed by atoms with van der Waals surface area (Å²) in [5, 5.41) is 8.76. The van der Waals surface area contributed by atoms with Gasteiger partial charge >= 0.3 is 0 Å². The first-order valence-electron chi connectivity index (χ1n) is 9.97. The van der Waals surface area contributed by atoms with Gasteiger partial charge < -0.3 is 15.5 Å². The van der Waals surface area contributed by atoms with E-state index in [2.05, 4.69) is 38.5 Å². The number of aromatic nitrogens is 2. The predicted molar refractivity (Wildman–Crippen MR) is 120 cm³/mol. The molecular formula is C22H25ClN6. The minimum absolute atomic E-state index is 0.292. The molecule has 3 heterocycles. The molecule has 1 aliphatic rings. The van der Waals surface area contributed by atoms with Crippen molar-refractivity contribution >= 4 is 34.3 Å². The van der Waals surface area contributed by atoms with Crippen LogP contribution >= 0.6 is 11.6 Å². The molecule has 29 heavy (non-hydrogen) atoms. The minimum Gasteiger partial charge on any atom is -0.357 e. The van der Waals surface area contributed by atoms with Crippen LogP contribution in [0, 0.1) is 0 Å². The molecule has 6 nitrogen and oxygen atoms in total. The van der Waals surface area contributed by atoms with Crippen molar-refractivity contribution in [2.45, 2.75) is 25.9 Å². The fourth-order valence-corrected chi connectivity index (χ4v) is 3.89. The van der Waals surface area contributed by atoms with Crippen molar-refractivity contribution in [2.24, 2.45) is 4.99 Å². The SMILES string of the molecule is CCNC(=NCc1ccnc2ccccc12)NC1CCN(c2ncccc2Cl)C1. The zero-order valence-electron chi connectivity index (χ0n) is 16.5. The van der Waals surface area contributed by atoms with Gasteiger partial charge in [0.1, 0.15) is 5.82 Å². The Bertz CT molecular complexity index is 1000. The molecule has 0 amide bonds. The molecule has 1 aromatic carbocycles. The van der Waals surface area contributed by atoms with E-state index in [4.69, 9.17) is 16.6 Å². The van der Waals surface area contributed by atoms with Crippen LogP contribution in [0.5, 0.6) is 0 Å². The molecule has 0 saturated carbocycles. The molecule has 2 N–H and O–H groups in total. The second-order valence-corrected chi connectivity index (χ2v) is 7.47. The van der Waals surface area contributed by atoms with Gasteiger partial charge in [0, 0.05) is 43.5 Å². The van der Waals surface area contributed by atoms with Crippen LogP contribution in [0.4, 0.5) is 5.82 Å². The molecule has 2 aromatic heterocycles. The van der Waals surface area contributed by atoms with Crippen molar-refractivity contribution in [1.82, 2.24) is 20.6 Å². The second kappa shape index (κ2) is 9.09. The smallest absolute Gasteiger partial charge is 0.191 e. The van der Waals surface area contributed by atoms with Crippen LogP contribution in [0.1, 0.15) is 18.9 Å². The molecule has 1 fully saturated rings. The molecule has 3 aromatic rings. The van der Waals surface area contributed by atoms with E-state index in [1.54, 1.807) is 6.20 Å². The summed E-state index contributed by atoms with van der Waals surface area (Å²) in [5.74, 6) is 1.68. The number of halogens is 1. The third-order valence-corrected chi connectivity index (χ3v) is 5.35. The number of para-hydroxylation sites is 1. The largest absolute Gasteiger partial charge is 0.357 e. The lowest BCUT2D eigenvalue weighted by Gasteiger charge is -2.20. The number of nitrogens with one attached hydrogen (secondary N) is 2. The van der Waals surface area contributed by atoms with Crippen molar-refractivity contribution < 1.29 is 0 Å². The van der Waals surface area contributed by atoms with Crippen LogP contribution in [0.2, 0.25) is 5.02 Å². The number of fused-ring (bicyclic) bond motifs is 1. The highest BCUT2D eigenvalue weighted by Gasteiger charge is 2.25. The zero-order chi connectivity index (χ0) is 20.1. The van der Waals surface area contributed by atoms with E-state index in [1.165, 1.54) is 5.56 Å². The molecule has 1 aliphatic heterocycles. The van der Waals surface area contributed by atoms with Crippen molar-refractivity contribution in [3.05, 3.63) is 65.4 Å². The molecule has 1 unspecified atom stereocenters. The molecular weight excluding hydrogens is 384 g/mol. The van der Waals surface area contributed by atoms with E-state index in [0.717, 1.165) is 48.7 Å². The lowest BCUT2D eigenvalue weighted by Crippen LogP contribution is -2.44. The number of hydrogen-bond acceptors (Lipinski definition) is 4. The fraction of sp³-hybridized carbons (Fsp3) is 0.318. The standard InChI is InChI=1S/C22H25ClN6/c1-2-24-22(27-14-16-9-12-25-20-8-4-3-6-18(16)20)28-17-10-13-29(15-17)21-19(23)7-5-11-26-21/h3-9,11-12,17H,2,10,13-15H2,1H3,(H2,24,27,28). The summed E-state index contributed by atoms with van der Waals surface area (Å²) in [4.78, 5) is 15.9. The normalized spacial score (nSPS) is 17.0. The topological polar surface area (TPSA) is 65.4 Å². The van der Waals surface area contributed by atoms with Gasteiger partial charge in [-0.3, -0.25) is 4.98 Å². The third-order valence-electron chi connectivity index (χ3n) is 5.06. The minimum atomic E-state index is 0.292. The summed E-state index contributed by atoms with van der Waals surface area (Å²) in [6.07, 6.45) is 4.64. The van der Waals surface area contributed by atoms with E-state index in [1.807, 2.05) is 42.6 Å². The Morgan fingerprint density at radius 3 is 2.93 bits per heavy atom. The van der Waals surface area contributed by atoms with Gasteiger partial charge in [-0.05, 0) is 43.2 Å². The van der Waals surface area contributed by atoms with Gasteiger partial charge in [0.05, 0.1) is 17.1 Å². The third kappa shape index (κ3) is 4.59. The first kappa shape index (κ1) is 19.5.